The average Bonchev–Trinajstić information content (AvgIpc) is 3.56. The summed E-state index contributed by atoms with van der Waals surface area (Å²) >= 11 is 1.76. The number of carbonyl (C=O) groups excluding carboxylic acids is 1. The molecule has 0 bridgehead atoms. The number of hydrogen-bond donors (Lipinski definition) is 1. The third-order valence-corrected chi connectivity index (χ3v) is 8.09. The molecule has 33 heavy (non-hydrogen) atoms. The minimum atomic E-state index is -0.207. The van der Waals surface area contributed by atoms with Crippen LogP contribution in [0.25, 0.3) is 0 Å². The fraction of sp³-hybridized carbons (Fsp3) is 0.462. The van der Waals surface area contributed by atoms with Crippen molar-refractivity contribution in [3.63, 3.8) is 0 Å². The molecule has 3 aromatic rings. The van der Waals surface area contributed by atoms with E-state index in [1.807, 2.05) is 6.07 Å². The molecular weight excluding hydrogens is 434 g/mol. The van der Waals surface area contributed by atoms with Gasteiger partial charge in [-0.15, -0.1) is 11.3 Å². The number of fused-ring (bicyclic) bond motifs is 2. The minimum Gasteiger partial charge on any atom is -0.459 e. The number of thiazole rings is 1. The maximum atomic E-state index is 12.8. The molecule has 2 aromatic heterocycles. The Labute approximate surface area is 199 Å². The van der Waals surface area contributed by atoms with Crippen molar-refractivity contribution in [2.24, 2.45) is 0 Å². The zero-order valence-electron chi connectivity index (χ0n) is 19.4. The van der Waals surface area contributed by atoms with Crippen LogP contribution in [0.1, 0.15) is 71.0 Å². The van der Waals surface area contributed by atoms with Gasteiger partial charge in [0.2, 0.25) is 0 Å². The molecule has 1 spiro atoms. The van der Waals surface area contributed by atoms with Crippen molar-refractivity contribution >= 4 is 17.2 Å². The Balaban J connectivity index is 1.35. The quantitative estimate of drug-likeness (QED) is 0.561. The van der Waals surface area contributed by atoms with Gasteiger partial charge in [-0.2, -0.15) is 0 Å². The molecule has 2 aliphatic rings. The Morgan fingerprint density at radius 1 is 1.27 bits per heavy atom. The molecule has 2 atom stereocenters. The van der Waals surface area contributed by atoms with E-state index in [-0.39, 0.29) is 23.5 Å². The lowest BCUT2D eigenvalue weighted by atomic mass is 9.72. The summed E-state index contributed by atoms with van der Waals surface area (Å²) in [5.74, 6) is 0.578. The molecule has 3 heterocycles. The number of nitrogens with one attached hydrogen (secondary N) is 1. The van der Waals surface area contributed by atoms with Gasteiger partial charge in [0, 0.05) is 17.9 Å². The van der Waals surface area contributed by atoms with Gasteiger partial charge in [-0.1, -0.05) is 38.1 Å². The monoisotopic (exact) mass is 465 g/mol. The lowest BCUT2D eigenvalue weighted by Gasteiger charge is -2.44. The number of benzene rings is 1. The highest BCUT2D eigenvalue weighted by atomic mass is 32.1. The van der Waals surface area contributed by atoms with Gasteiger partial charge >= 0.3 is 0 Å². The van der Waals surface area contributed by atoms with Crippen molar-refractivity contribution in [3.8, 4) is 0 Å². The number of hydrogen-bond acceptors (Lipinski definition) is 6. The number of amides is 1. The molecule has 1 aromatic carbocycles. The molecule has 5 rings (SSSR count). The van der Waals surface area contributed by atoms with E-state index >= 15 is 0 Å². The summed E-state index contributed by atoms with van der Waals surface area (Å²) in [6.07, 6.45) is 3.37. The Morgan fingerprint density at radius 3 is 2.73 bits per heavy atom. The Morgan fingerprint density at radius 2 is 2.06 bits per heavy atom. The van der Waals surface area contributed by atoms with Gasteiger partial charge < -0.3 is 14.5 Å². The third-order valence-electron chi connectivity index (χ3n) is 7.23. The molecule has 1 aliphatic carbocycles. The third kappa shape index (κ3) is 4.03. The normalized spacial score (nSPS) is 22.1. The fourth-order valence-electron chi connectivity index (χ4n) is 5.51. The molecular formula is C26H31N3O3S. The largest absolute Gasteiger partial charge is 0.459 e. The van der Waals surface area contributed by atoms with Crippen molar-refractivity contribution in [2.45, 2.75) is 56.7 Å². The topological polar surface area (TPSA) is 67.6 Å². The van der Waals surface area contributed by atoms with Crippen LogP contribution in [-0.4, -0.2) is 42.1 Å². The molecule has 1 aliphatic heterocycles. The molecule has 0 radical (unpaired) electrons. The van der Waals surface area contributed by atoms with Crippen LogP contribution in [0.3, 0.4) is 0 Å². The summed E-state index contributed by atoms with van der Waals surface area (Å²) in [7, 11) is 1.76. The number of carbonyl (C=O) groups is 1. The molecule has 1 amide bonds. The van der Waals surface area contributed by atoms with Gasteiger partial charge in [-0.3, -0.25) is 9.69 Å². The van der Waals surface area contributed by atoms with E-state index < -0.39 is 0 Å². The first kappa shape index (κ1) is 22.3. The van der Waals surface area contributed by atoms with Gasteiger partial charge in [-0.25, -0.2) is 4.98 Å². The van der Waals surface area contributed by atoms with Crippen LogP contribution in [0.15, 0.2) is 52.5 Å². The van der Waals surface area contributed by atoms with Gasteiger partial charge in [0.1, 0.15) is 5.01 Å². The summed E-state index contributed by atoms with van der Waals surface area (Å²) in [5.41, 5.74) is 3.52. The van der Waals surface area contributed by atoms with Crippen molar-refractivity contribution in [1.82, 2.24) is 15.2 Å². The predicted octanol–water partition coefficient (Wildman–Crippen LogP) is 4.89. The summed E-state index contributed by atoms with van der Waals surface area (Å²) < 4.78 is 11.4. The van der Waals surface area contributed by atoms with E-state index in [0.717, 1.165) is 38.0 Å². The van der Waals surface area contributed by atoms with E-state index in [1.54, 1.807) is 30.6 Å². The number of furan rings is 1. The van der Waals surface area contributed by atoms with E-state index in [4.69, 9.17) is 14.1 Å². The van der Waals surface area contributed by atoms with Crippen LogP contribution in [0, 0.1) is 0 Å². The standard InChI is InChI=1S/C26H31N3O3S/c1-17(2)20-16-33-22(27-20)15-29-12-10-26(11-13-29)19-8-5-4-7-18(19)23(24(26)31-3)28-25(30)21-9-6-14-32-21/h4-9,14,16-17,23-24H,10-13,15H2,1-3H3,(H,28,30)/t23-,24+/m1/s1. The Hall–Kier alpha value is -2.48. The molecule has 1 saturated heterocycles. The maximum Gasteiger partial charge on any atom is 0.287 e. The average molecular weight is 466 g/mol. The van der Waals surface area contributed by atoms with Gasteiger partial charge in [0.05, 0.1) is 30.6 Å². The van der Waals surface area contributed by atoms with Crippen molar-refractivity contribution < 1.29 is 13.9 Å². The lowest BCUT2D eigenvalue weighted by molar-refractivity contribution is -0.0124. The molecule has 1 N–H and O–H groups in total. The molecule has 7 heteroatoms. The summed E-state index contributed by atoms with van der Waals surface area (Å²) in [6, 6.07) is 11.7. The first-order valence-corrected chi connectivity index (χ1v) is 12.5. The SMILES string of the molecule is CO[C@H]1[C@H](NC(=O)c2ccco2)c2ccccc2C12CCN(Cc1nc(C(C)C)cs1)CC2. The van der Waals surface area contributed by atoms with Crippen LogP contribution in [-0.2, 0) is 16.7 Å². The van der Waals surface area contributed by atoms with Crippen LogP contribution in [0.4, 0.5) is 0 Å². The number of methoxy groups -OCH3 is 1. The maximum absolute atomic E-state index is 12.8. The molecule has 0 unspecified atom stereocenters. The molecule has 1 fully saturated rings. The first-order valence-electron chi connectivity index (χ1n) is 11.6. The van der Waals surface area contributed by atoms with Crippen molar-refractivity contribution in [1.29, 1.82) is 0 Å². The second kappa shape index (κ2) is 9.05. The van der Waals surface area contributed by atoms with Crippen molar-refractivity contribution in [3.05, 3.63) is 75.6 Å². The highest BCUT2D eigenvalue weighted by molar-refractivity contribution is 7.09. The number of rotatable bonds is 6. The number of aromatic nitrogens is 1. The molecule has 0 saturated carbocycles. The van der Waals surface area contributed by atoms with E-state index in [2.05, 4.69) is 47.6 Å². The fourth-order valence-corrected chi connectivity index (χ4v) is 6.51. The van der Waals surface area contributed by atoms with E-state index in [1.165, 1.54) is 22.5 Å². The molecule has 174 valence electrons. The van der Waals surface area contributed by atoms with Gasteiger partial charge in [0.15, 0.2) is 5.76 Å². The lowest BCUT2D eigenvalue weighted by Crippen LogP contribution is -2.50. The molecule has 6 nitrogen and oxygen atoms in total. The number of likely N-dealkylation sites (tertiary alicyclic amines) is 1. The summed E-state index contributed by atoms with van der Waals surface area (Å²) in [6.45, 7) is 7.22. The zero-order chi connectivity index (χ0) is 23.0. The van der Waals surface area contributed by atoms with Gasteiger partial charge in [0.25, 0.3) is 5.91 Å². The smallest absolute Gasteiger partial charge is 0.287 e. The Bertz CT molecular complexity index is 1100. The summed E-state index contributed by atoms with van der Waals surface area (Å²) in [5, 5.41) is 6.57. The number of piperidine rings is 1. The predicted molar refractivity (Wildman–Crippen MR) is 129 cm³/mol. The van der Waals surface area contributed by atoms with Gasteiger partial charge in [-0.05, 0) is 55.1 Å². The Kier molecular flexibility index (Phi) is 6.12. The highest BCUT2D eigenvalue weighted by Crippen LogP contribution is 2.52. The van der Waals surface area contributed by atoms with Crippen LogP contribution < -0.4 is 5.32 Å². The number of nitrogens with zero attached hydrogens (tertiary/aromatic N) is 2. The summed E-state index contributed by atoms with van der Waals surface area (Å²) in [4.78, 5) is 20.2. The second-order valence-electron chi connectivity index (χ2n) is 9.43. The van der Waals surface area contributed by atoms with E-state index in [0.29, 0.717) is 11.7 Å². The van der Waals surface area contributed by atoms with E-state index in [9.17, 15) is 4.79 Å². The van der Waals surface area contributed by atoms with Crippen LogP contribution >= 0.6 is 11.3 Å². The van der Waals surface area contributed by atoms with Crippen molar-refractivity contribution in [2.75, 3.05) is 20.2 Å². The minimum absolute atomic E-state index is 0.116. The first-order chi connectivity index (χ1) is 16.0. The zero-order valence-corrected chi connectivity index (χ0v) is 20.2. The van der Waals surface area contributed by atoms with Crippen LogP contribution in [0.5, 0.6) is 0 Å². The second-order valence-corrected chi connectivity index (χ2v) is 10.4. The highest BCUT2D eigenvalue weighted by Gasteiger charge is 2.54. The van der Waals surface area contributed by atoms with Crippen LogP contribution in [0.2, 0.25) is 0 Å². The number of ether oxygens (including phenoxy) is 1.